The number of carbonyl (C=O) groups excluding carboxylic acids is 1. The summed E-state index contributed by atoms with van der Waals surface area (Å²) in [6.07, 6.45) is 0.640. The molecule has 6 nitrogen and oxygen atoms in total. The van der Waals surface area contributed by atoms with Crippen LogP contribution in [-0.4, -0.2) is 16.4 Å². The van der Waals surface area contributed by atoms with Crippen LogP contribution in [0, 0.1) is 24.0 Å². The molecule has 0 saturated heterocycles. The summed E-state index contributed by atoms with van der Waals surface area (Å²) in [4.78, 5) is 23.2. The third kappa shape index (κ3) is 3.54. The molecule has 6 heteroatoms. The van der Waals surface area contributed by atoms with Gasteiger partial charge in [0.15, 0.2) is 0 Å². The van der Waals surface area contributed by atoms with E-state index in [0.717, 1.165) is 16.9 Å². The fraction of sp³-hybridized carbons (Fsp3) is 0.350. The second-order valence-electron chi connectivity index (χ2n) is 7.39. The molecule has 1 aliphatic heterocycles. The van der Waals surface area contributed by atoms with Crippen LogP contribution < -0.4 is 10.1 Å². The number of ether oxygens (including phenoxy) is 1. The van der Waals surface area contributed by atoms with E-state index in [1.807, 2.05) is 39.0 Å². The van der Waals surface area contributed by atoms with Crippen molar-refractivity contribution in [1.29, 1.82) is 0 Å². The van der Waals surface area contributed by atoms with Crippen molar-refractivity contribution in [2.24, 2.45) is 0 Å². The zero-order chi connectivity index (χ0) is 19.1. The molecular weight excluding hydrogens is 332 g/mol. The quantitative estimate of drug-likeness (QED) is 0.660. The molecular formula is C20H22N2O4. The third-order valence-corrected chi connectivity index (χ3v) is 4.59. The summed E-state index contributed by atoms with van der Waals surface area (Å²) >= 11 is 0. The summed E-state index contributed by atoms with van der Waals surface area (Å²) < 4.78 is 6.05. The Kier molecular flexibility index (Phi) is 4.44. The molecule has 0 bridgehead atoms. The highest BCUT2D eigenvalue weighted by atomic mass is 16.6. The summed E-state index contributed by atoms with van der Waals surface area (Å²) in [5, 5.41) is 14.0. The van der Waals surface area contributed by atoms with E-state index < -0.39 is 10.5 Å². The number of rotatable bonds is 3. The van der Waals surface area contributed by atoms with Crippen LogP contribution in [0.3, 0.4) is 0 Å². The maximum atomic E-state index is 12.7. The van der Waals surface area contributed by atoms with Gasteiger partial charge in [-0.05, 0) is 51.5 Å². The van der Waals surface area contributed by atoms with Crippen LogP contribution in [0.5, 0.6) is 5.75 Å². The van der Waals surface area contributed by atoms with E-state index in [2.05, 4.69) is 5.32 Å². The van der Waals surface area contributed by atoms with Crippen LogP contribution in [0.15, 0.2) is 36.4 Å². The van der Waals surface area contributed by atoms with Gasteiger partial charge < -0.3 is 10.1 Å². The van der Waals surface area contributed by atoms with Crippen molar-refractivity contribution in [3.8, 4) is 5.75 Å². The van der Waals surface area contributed by atoms with Crippen LogP contribution in [0.2, 0.25) is 0 Å². The van der Waals surface area contributed by atoms with Crippen LogP contribution >= 0.6 is 0 Å². The standard InChI is InChI=1S/C20H22N2O4/c1-12-5-7-15-16(11-20(3,4)26-18(15)9-12)21-19(23)14-6-8-17(22(24)25)13(2)10-14/h5-10,16H,11H2,1-4H3,(H,21,23)/t16-/m1/s1. The number of carbonyl (C=O) groups is 1. The molecule has 0 radical (unpaired) electrons. The number of fused-ring (bicyclic) bond motifs is 1. The highest BCUT2D eigenvalue weighted by Crippen LogP contribution is 2.40. The average molecular weight is 354 g/mol. The van der Waals surface area contributed by atoms with Crippen molar-refractivity contribution in [3.05, 3.63) is 68.8 Å². The summed E-state index contributed by atoms with van der Waals surface area (Å²) in [5.41, 5.74) is 2.52. The number of nitro benzene ring substituents is 1. The van der Waals surface area contributed by atoms with Crippen LogP contribution in [0.25, 0.3) is 0 Å². The normalized spacial score (nSPS) is 17.8. The number of benzene rings is 2. The Bertz CT molecular complexity index is 889. The Labute approximate surface area is 152 Å². The number of nitro groups is 1. The van der Waals surface area contributed by atoms with Gasteiger partial charge >= 0.3 is 0 Å². The van der Waals surface area contributed by atoms with Gasteiger partial charge in [0.2, 0.25) is 0 Å². The zero-order valence-electron chi connectivity index (χ0n) is 15.3. The maximum absolute atomic E-state index is 12.7. The topological polar surface area (TPSA) is 81.5 Å². The third-order valence-electron chi connectivity index (χ3n) is 4.59. The van der Waals surface area contributed by atoms with E-state index >= 15 is 0 Å². The fourth-order valence-electron chi connectivity index (χ4n) is 3.33. The molecule has 0 saturated carbocycles. The van der Waals surface area contributed by atoms with E-state index in [0.29, 0.717) is 17.5 Å². The average Bonchev–Trinajstić information content (AvgIpc) is 2.52. The van der Waals surface area contributed by atoms with Crippen molar-refractivity contribution in [2.45, 2.75) is 45.8 Å². The summed E-state index contributed by atoms with van der Waals surface area (Å²) in [6, 6.07) is 10.2. The van der Waals surface area contributed by atoms with E-state index in [4.69, 9.17) is 4.74 Å². The van der Waals surface area contributed by atoms with Crippen LogP contribution in [-0.2, 0) is 0 Å². The zero-order valence-corrected chi connectivity index (χ0v) is 15.3. The van der Waals surface area contributed by atoms with Gasteiger partial charge in [-0.25, -0.2) is 0 Å². The van der Waals surface area contributed by atoms with Crippen molar-refractivity contribution < 1.29 is 14.5 Å². The molecule has 3 rings (SSSR count). The van der Waals surface area contributed by atoms with E-state index in [9.17, 15) is 14.9 Å². The molecule has 0 spiro atoms. The van der Waals surface area contributed by atoms with Gasteiger partial charge in [0.05, 0.1) is 11.0 Å². The first kappa shape index (κ1) is 17.9. The molecule has 1 atom stereocenters. The second kappa shape index (κ2) is 6.44. The van der Waals surface area contributed by atoms with Crippen molar-refractivity contribution in [1.82, 2.24) is 5.32 Å². The lowest BCUT2D eigenvalue weighted by Crippen LogP contribution is -2.41. The molecule has 1 heterocycles. The number of hydrogen-bond donors (Lipinski definition) is 1. The smallest absolute Gasteiger partial charge is 0.272 e. The van der Waals surface area contributed by atoms with Gasteiger partial charge in [0, 0.05) is 29.2 Å². The lowest BCUT2D eigenvalue weighted by atomic mass is 9.89. The monoisotopic (exact) mass is 354 g/mol. The predicted molar refractivity (Wildman–Crippen MR) is 98.5 cm³/mol. The van der Waals surface area contributed by atoms with Crippen LogP contribution in [0.4, 0.5) is 5.69 Å². The molecule has 2 aromatic rings. The Balaban J connectivity index is 1.88. The minimum absolute atomic E-state index is 0.00886. The van der Waals surface area contributed by atoms with Crippen LogP contribution in [0.1, 0.15) is 53.4 Å². The number of nitrogens with zero attached hydrogens (tertiary/aromatic N) is 1. The molecule has 1 aliphatic rings. The van der Waals surface area contributed by atoms with Gasteiger partial charge in [-0.2, -0.15) is 0 Å². The summed E-state index contributed by atoms with van der Waals surface area (Å²) in [6.45, 7) is 7.62. The minimum atomic E-state index is -0.448. The number of nitrogens with one attached hydrogen (secondary N) is 1. The molecule has 0 fully saturated rings. The number of hydrogen-bond acceptors (Lipinski definition) is 4. The van der Waals surface area contributed by atoms with Gasteiger partial charge in [0.25, 0.3) is 11.6 Å². The van der Waals surface area contributed by atoms with Gasteiger partial charge in [-0.15, -0.1) is 0 Å². The lowest BCUT2D eigenvalue weighted by Gasteiger charge is -2.38. The first-order valence-corrected chi connectivity index (χ1v) is 8.52. The highest BCUT2D eigenvalue weighted by Gasteiger charge is 2.34. The van der Waals surface area contributed by atoms with Gasteiger partial charge in [0.1, 0.15) is 11.4 Å². The Morgan fingerprint density at radius 3 is 2.62 bits per heavy atom. The summed E-state index contributed by atoms with van der Waals surface area (Å²) in [5.74, 6) is 0.531. The van der Waals surface area contributed by atoms with Crippen molar-refractivity contribution >= 4 is 11.6 Å². The second-order valence-corrected chi connectivity index (χ2v) is 7.39. The molecule has 26 heavy (non-hydrogen) atoms. The largest absolute Gasteiger partial charge is 0.487 e. The van der Waals surface area contributed by atoms with Gasteiger partial charge in [-0.3, -0.25) is 14.9 Å². The minimum Gasteiger partial charge on any atom is -0.487 e. The molecule has 0 unspecified atom stereocenters. The SMILES string of the molecule is Cc1ccc2c(c1)OC(C)(C)C[C@H]2NC(=O)c1ccc([N+](=O)[O-])c(C)c1. The molecule has 1 amide bonds. The molecule has 136 valence electrons. The van der Waals surface area contributed by atoms with Crippen molar-refractivity contribution in [2.75, 3.05) is 0 Å². The molecule has 0 aromatic heterocycles. The Morgan fingerprint density at radius 1 is 1.23 bits per heavy atom. The maximum Gasteiger partial charge on any atom is 0.272 e. The predicted octanol–water partition coefficient (Wildman–Crippen LogP) is 4.24. The van der Waals surface area contributed by atoms with E-state index in [1.165, 1.54) is 12.1 Å². The Hall–Kier alpha value is -2.89. The van der Waals surface area contributed by atoms with E-state index in [1.54, 1.807) is 13.0 Å². The fourth-order valence-corrected chi connectivity index (χ4v) is 3.33. The molecule has 1 N–H and O–H groups in total. The Morgan fingerprint density at radius 2 is 1.96 bits per heavy atom. The van der Waals surface area contributed by atoms with Gasteiger partial charge in [-0.1, -0.05) is 12.1 Å². The first-order valence-electron chi connectivity index (χ1n) is 8.52. The number of aryl methyl sites for hydroxylation is 2. The first-order chi connectivity index (χ1) is 12.2. The van der Waals surface area contributed by atoms with E-state index in [-0.39, 0.29) is 17.6 Å². The molecule has 0 aliphatic carbocycles. The summed E-state index contributed by atoms with van der Waals surface area (Å²) in [7, 11) is 0. The van der Waals surface area contributed by atoms with Crippen molar-refractivity contribution in [3.63, 3.8) is 0 Å². The lowest BCUT2D eigenvalue weighted by molar-refractivity contribution is -0.385. The molecule has 2 aromatic carbocycles. The highest BCUT2D eigenvalue weighted by molar-refractivity contribution is 5.95. The number of amides is 1.